The van der Waals surface area contributed by atoms with Crippen molar-refractivity contribution in [1.82, 2.24) is 10.0 Å². The zero-order valence-electron chi connectivity index (χ0n) is 11.0. The van der Waals surface area contributed by atoms with Crippen LogP contribution in [0.3, 0.4) is 0 Å². The molecule has 8 heteroatoms. The van der Waals surface area contributed by atoms with Crippen molar-refractivity contribution in [2.24, 2.45) is 0 Å². The van der Waals surface area contributed by atoms with Crippen LogP contribution in [-0.4, -0.2) is 27.8 Å². The first kappa shape index (κ1) is 16.9. The average Bonchev–Trinajstić information content (AvgIpc) is 2.36. The van der Waals surface area contributed by atoms with Crippen molar-refractivity contribution in [1.29, 1.82) is 0 Å². The molecule has 0 amide bonds. The Morgan fingerprint density at radius 2 is 1.85 bits per heavy atom. The summed E-state index contributed by atoms with van der Waals surface area (Å²) in [4.78, 5) is 0. The van der Waals surface area contributed by atoms with Gasteiger partial charge in [0.25, 0.3) is 0 Å². The number of rotatable bonds is 7. The largest absolute Gasteiger partial charge is 0.416 e. The van der Waals surface area contributed by atoms with Crippen LogP contribution < -0.4 is 10.0 Å². The minimum Gasteiger partial charge on any atom is -0.320 e. The van der Waals surface area contributed by atoms with Gasteiger partial charge in [0.1, 0.15) is 0 Å². The highest BCUT2D eigenvalue weighted by molar-refractivity contribution is 7.89. The highest BCUT2D eigenvalue weighted by Gasteiger charge is 2.32. The summed E-state index contributed by atoms with van der Waals surface area (Å²) in [7, 11) is -1.88. The maximum atomic E-state index is 12.7. The fraction of sp³-hybridized carbons (Fsp3) is 0.500. The number of benzene rings is 1. The third-order valence-electron chi connectivity index (χ3n) is 2.65. The van der Waals surface area contributed by atoms with Gasteiger partial charge >= 0.3 is 6.18 Å². The molecule has 0 heterocycles. The van der Waals surface area contributed by atoms with E-state index in [1.165, 1.54) is 18.2 Å². The second-order valence-corrected chi connectivity index (χ2v) is 6.18. The SMILES string of the molecule is CNCCCS(=O)(=O)NCc1ccccc1C(F)(F)F. The molecule has 114 valence electrons. The van der Waals surface area contributed by atoms with Crippen molar-refractivity contribution in [3.05, 3.63) is 35.4 Å². The molecule has 0 unspecified atom stereocenters. The Hall–Kier alpha value is -1.12. The van der Waals surface area contributed by atoms with Crippen molar-refractivity contribution < 1.29 is 21.6 Å². The molecule has 0 bridgehead atoms. The number of halogens is 3. The molecule has 0 saturated heterocycles. The average molecular weight is 310 g/mol. The molecule has 20 heavy (non-hydrogen) atoms. The highest BCUT2D eigenvalue weighted by atomic mass is 32.2. The van der Waals surface area contributed by atoms with Crippen LogP contribution in [0.4, 0.5) is 13.2 Å². The predicted molar refractivity (Wildman–Crippen MR) is 70.6 cm³/mol. The Labute approximate surface area is 116 Å². The fourth-order valence-electron chi connectivity index (χ4n) is 1.65. The van der Waals surface area contributed by atoms with E-state index in [-0.39, 0.29) is 17.9 Å². The minimum atomic E-state index is -4.49. The van der Waals surface area contributed by atoms with Crippen LogP contribution >= 0.6 is 0 Å². The summed E-state index contributed by atoms with van der Waals surface area (Å²) in [5.41, 5.74) is -0.907. The van der Waals surface area contributed by atoms with E-state index in [9.17, 15) is 21.6 Å². The maximum Gasteiger partial charge on any atom is 0.416 e. The molecule has 2 N–H and O–H groups in total. The summed E-state index contributed by atoms with van der Waals surface area (Å²) in [6.45, 7) is 0.164. The molecule has 4 nitrogen and oxygen atoms in total. The molecule has 0 aromatic heterocycles. The molecular weight excluding hydrogens is 293 g/mol. The first-order chi connectivity index (χ1) is 9.26. The normalized spacial score (nSPS) is 12.6. The molecule has 0 aliphatic carbocycles. The molecule has 0 radical (unpaired) electrons. The first-order valence-corrected chi connectivity index (χ1v) is 7.68. The van der Waals surface area contributed by atoms with Gasteiger partial charge in [-0.1, -0.05) is 18.2 Å². The summed E-state index contributed by atoms with van der Waals surface area (Å²) < 4.78 is 63.6. The molecule has 0 atom stereocenters. The molecule has 1 aromatic carbocycles. The van der Waals surface area contributed by atoms with Crippen LogP contribution in [0, 0.1) is 0 Å². The molecule has 1 aromatic rings. The van der Waals surface area contributed by atoms with Crippen LogP contribution in [0.15, 0.2) is 24.3 Å². The van der Waals surface area contributed by atoms with E-state index in [0.717, 1.165) is 6.07 Å². The molecule has 0 saturated carbocycles. The van der Waals surface area contributed by atoms with E-state index in [4.69, 9.17) is 0 Å². The van der Waals surface area contributed by atoms with Crippen LogP contribution in [0.1, 0.15) is 17.5 Å². The second-order valence-electron chi connectivity index (χ2n) is 4.25. The lowest BCUT2D eigenvalue weighted by atomic mass is 10.1. The van der Waals surface area contributed by atoms with Gasteiger partial charge in [-0.25, -0.2) is 13.1 Å². The quantitative estimate of drug-likeness (QED) is 0.754. The van der Waals surface area contributed by atoms with Gasteiger partial charge in [0.05, 0.1) is 11.3 Å². The molecule has 1 rings (SSSR count). The van der Waals surface area contributed by atoms with Crippen molar-refractivity contribution in [2.75, 3.05) is 19.3 Å². The van der Waals surface area contributed by atoms with E-state index in [0.29, 0.717) is 13.0 Å². The Bertz CT molecular complexity index is 530. The van der Waals surface area contributed by atoms with Gasteiger partial charge in [0.15, 0.2) is 0 Å². The lowest BCUT2D eigenvalue weighted by Gasteiger charge is -2.13. The summed E-state index contributed by atoms with van der Waals surface area (Å²) in [5.74, 6) is -0.123. The van der Waals surface area contributed by atoms with Gasteiger partial charge in [-0.2, -0.15) is 13.2 Å². The summed E-state index contributed by atoms with van der Waals surface area (Å²) >= 11 is 0. The van der Waals surface area contributed by atoms with E-state index in [2.05, 4.69) is 10.0 Å². The third kappa shape index (κ3) is 5.48. The van der Waals surface area contributed by atoms with Crippen LogP contribution in [0.5, 0.6) is 0 Å². The summed E-state index contributed by atoms with van der Waals surface area (Å²) in [6, 6.07) is 4.91. The van der Waals surface area contributed by atoms with Crippen LogP contribution in [0.25, 0.3) is 0 Å². The van der Waals surface area contributed by atoms with Crippen LogP contribution in [0.2, 0.25) is 0 Å². The van der Waals surface area contributed by atoms with E-state index in [1.807, 2.05) is 0 Å². The lowest BCUT2D eigenvalue weighted by Crippen LogP contribution is -2.28. The number of sulfonamides is 1. The van der Waals surface area contributed by atoms with Crippen LogP contribution in [-0.2, 0) is 22.7 Å². The summed E-state index contributed by atoms with van der Waals surface area (Å²) in [6.07, 6.45) is -4.10. The van der Waals surface area contributed by atoms with Gasteiger partial charge in [-0.3, -0.25) is 0 Å². The molecule has 0 spiro atoms. The third-order valence-corrected chi connectivity index (χ3v) is 4.06. The van der Waals surface area contributed by atoms with Gasteiger partial charge in [0, 0.05) is 6.54 Å². The number of alkyl halides is 3. The Morgan fingerprint density at radius 1 is 1.20 bits per heavy atom. The lowest BCUT2D eigenvalue weighted by molar-refractivity contribution is -0.138. The standard InChI is InChI=1S/C12H17F3N2O2S/c1-16-7-4-8-20(18,19)17-9-10-5-2-3-6-11(10)12(13,14)15/h2-3,5-6,16-17H,4,7-9H2,1H3. The summed E-state index contributed by atoms with van der Waals surface area (Å²) in [5, 5.41) is 2.80. The Morgan fingerprint density at radius 3 is 2.45 bits per heavy atom. The Balaban J connectivity index is 2.71. The van der Waals surface area contributed by atoms with Crippen molar-refractivity contribution >= 4 is 10.0 Å². The molecular formula is C12H17F3N2O2S. The zero-order valence-corrected chi connectivity index (χ0v) is 11.8. The van der Waals surface area contributed by atoms with Crippen molar-refractivity contribution in [2.45, 2.75) is 19.1 Å². The smallest absolute Gasteiger partial charge is 0.320 e. The number of hydrogen-bond acceptors (Lipinski definition) is 3. The number of nitrogens with one attached hydrogen (secondary N) is 2. The predicted octanol–water partition coefficient (Wildman–Crippen LogP) is 1.73. The topological polar surface area (TPSA) is 58.2 Å². The molecule has 0 aliphatic rings. The van der Waals surface area contributed by atoms with Crippen molar-refractivity contribution in [3.8, 4) is 0 Å². The van der Waals surface area contributed by atoms with Gasteiger partial charge < -0.3 is 5.32 Å². The van der Waals surface area contributed by atoms with Gasteiger partial charge in [-0.05, 0) is 31.6 Å². The monoisotopic (exact) mass is 310 g/mol. The van der Waals surface area contributed by atoms with E-state index >= 15 is 0 Å². The van der Waals surface area contributed by atoms with E-state index in [1.54, 1.807) is 7.05 Å². The van der Waals surface area contributed by atoms with Gasteiger partial charge in [0.2, 0.25) is 10.0 Å². The first-order valence-electron chi connectivity index (χ1n) is 6.03. The van der Waals surface area contributed by atoms with Gasteiger partial charge in [-0.15, -0.1) is 0 Å². The van der Waals surface area contributed by atoms with E-state index < -0.39 is 21.8 Å². The molecule has 0 aliphatic heterocycles. The molecule has 0 fully saturated rings. The second kappa shape index (κ2) is 7.05. The highest BCUT2D eigenvalue weighted by Crippen LogP contribution is 2.31. The fourth-order valence-corrected chi connectivity index (χ4v) is 2.69. The Kier molecular flexibility index (Phi) is 5.97. The maximum absolute atomic E-state index is 12.7. The van der Waals surface area contributed by atoms with Crippen molar-refractivity contribution in [3.63, 3.8) is 0 Å². The zero-order chi connectivity index (χ0) is 15.2. The number of hydrogen-bond donors (Lipinski definition) is 2. The minimum absolute atomic E-state index is 0.0859.